The van der Waals surface area contributed by atoms with Gasteiger partial charge in [-0.1, -0.05) is 25.6 Å². The van der Waals surface area contributed by atoms with E-state index in [1.54, 1.807) is 6.07 Å². The van der Waals surface area contributed by atoms with Gasteiger partial charge in [0.25, 0.3) is 0 Å². The first kappa shape index (κ1) is 12.0. The summed E-state index contributed by atoms with van der Waals surface area (Å²) in [5.74, 6) is -1.58. The summed E-state index contributed by atoms with van der Waals surface area (Å²) in [5.41, 5.74) is 6.75. The Hall–Kier alpha value is -2.10. The number of primary amides is 1. The van der Waals surface area contributed by atoms with E-state index >= 15 is 0 Å². The second kappa shape index (κ2) is 4.61. The molecule has 0 aliphatic carbocycles. The van der Waals surface area contributed by atoms with Gasteiger partial charge >= 0.3 is 5.97 Å². The highest BCUT2D eigenvalue weighted by molar-refractivity contribution is 6.18. The minimum atomic E-state index is -0.979. The Morgan fingerprint density at radius 2 is 2.06 bits per heavy atom. The Labute approximate surface area is 93.4 Å². The molecular weight excluding hydrogens is 206 g/mol. The van der Waals surface area contributed by atoms with E-state index in [1.807, 2.05) is 6.92 Å². The SMILES string of the molecule is C=C(C(N)=O)c1ccc(C(=O)O)c(CC)c1. The molecular formula is C12H13NO3. The summed E-state index contributed by atoms with van der Waals surface area (Å²) in [6.45, 7) is 5.40. The highest BCUT2D eigenvalue weighted by Gasteiger charge is 2.12. The fourth-order valence-corrected chi connectivity index (χ4v) is 1.42. The third kappa shape index (κ3) is 2.28. The van der Waals surface area contributed by atoms with Crippen molar-refractivity contribution in [2.75, 3.05) is 0 Å². The van der Waals surface area contributed by atoms with Crippen molar-refractivity contribution in [3.05, 3.63) is 41.5 Å². The Morgan fingerprint density at radius 3 is 2.50 bits per heavy atom. The van der Waals surface area contributed by atoms with E-state index in [0.717, 1.165) is 0 Å². The Kier molecular flexibility index (Phi) is 3.45. The number of aromatic carboxylic acids is 1. The zero-order valence-electron chi connectivity index (χ0n) is 8.99. The molecule has 1 aromatic rings. The number of carbonyl (C=O) groups is 2. The highest BCUT2D eigenvalue weighted by Crippen LogP contribution is 2.18. The molecule has 84 valence electrons. The van der Waals surface area contributed by atoms with Crippen LogP contribution in [0, 0.1) is 0 Å². The van der Waals surface area contributed by atoms with Crippen molar-refractivity contribution in [3.8, 4) is 0 Å². The number of benzene rings is 1. The number of hydrogen-bond acceptors (Lipinski definition) is 2. The molecule has 1 aromatic carbocycles. The lowest BCUT2D eigenvalue weighted by Crippen LogP contribution is -2.12. The zero-order valence-corrected chi connectivity index (χ0v) is 8.99. The Balaban J connectivity index is 3.24. The molecule has 0 bridgehead atoms. The van der Waals surface area contributed by atoms with Gasteiger partial charge < -0.3 is 10.8 Å². The van der Waals surface area contributed by atoms with Gasteiger partial charge in [-0.2, -0.15) is 0 Å². The van der Waals surface area contributed by atoms with E-state index in [4.69, 9.17) is 10.8 Å². The molecule has 0 saturated heterocycles. The number of carbonyl (C=O) groups excluding carboxylic acids is 1. The largest absolute Gasteiger partial charge is 0.478 e. The lowest BCUT2D eigenvalue weighted by molar-refractivity contribution is -0.112. The molecule has 0 fully saturated rings. The van der Waals surface area contributed by atoms with E-state index < -0.39 is 11.9 Å². The van der Waals surface area contributed by atoms with Crippen LogP contribution in [-0.4, -0.2) is 17.0 Å². The average Bonchev–Trinajstić information content (AvgIpc) is 2.26. The van der Waals surface area contributed by atoms with Gasteiger partial charge in [-0.3, -0.25) is 4.79 Å². The third-order valence-electron chi connectivity index (χ3n) is 2.36. The number of hydrogen-bond donors (Lipinski definition) is 2. The van der Waals surface area contributed by atoms with Gasteiger partial charge in [0.05, 0.1) is 5.56 Å². The summed E-state index contributed by atoms with van der Waals surface area (Å²) < 4.78 is 0. The number of carboxylic acid groups (broad SMARTS) is 1. The van der Waals surface area contributed by atoms with Crippen LogP contribution in [0.2, 0.25) is 0 Å². The van der Waals surface area contributed by atoms with Gasteiger partial charge in [-0.15, -0.1) is 0 Å². The van der Waals surface area contributed by atoms with Crippen molar-refractivity contribution >= 4 is 17.4 Å². The summed E-state index contributed by atoms with van der Waals surface area (Å²) in [7, 11) is 0. The zero-order chi connectivity index (χ0) is 12.3. The van der Waals surface area contributed by atoms with Crippen molar-refractivity contribution in [1.29, 1.82) is 0 Å². The lowest BCUT2D eigenvalue weighted by atomic mass is 9.98. The van der Waals surface area contributed by atoms with Crippen molar-refractivity contribution in [2.24, 2.45) is 5.73 Å². The van der Waals surface area contributed by atoms with Gasteiger partial charge in [0, 0.05) is 5.57 Å². The van der Waals surface area contributed by atoms with Crippen LogP contribution >= 0.6 is 0 Å². The molecule has 0 aromatic heterocycles. The molecule has 0 aliphatic rings. The lowest BCUT2D eigenvalue weighted by Gasteiger charge is -2.07. The number of amides is 1. The van der Waals surface area contributed by atoms with Crippen LogP contribution in [-0.2, 0) is 11.2 Å². The van der Waals surface area contributed by atoms with Gasteiger partial charge in [0.15, 0.2) is 0 Å². The van der Waals surface area contributed by atoms with Crippen LogP contribution < -0.4 is 5.73 Å². The monoisotopic (exact) mass is 219 g/mol. The molecule has 0 heterocycles. The predicted octanol–water partition coefficient (Wildman–Crippen LogP) is 1.45. The van der Waals surface area contributed by atoms with E-state index in [0.29, 0.717) is 17.5 Å². The summed E-state index contributed by atoms with van der Waals surface area (Å²) in [4.78, 5) is 21.8. The minimum Gasteiger partial charge on any atom is -0.478 e. The maximum Gasteiger partial charge on any atom is 0.335 e. The molecule has 0 unspecified atom stereocenters. The van der Waals surface area contributed by atoms with E-state index in [2.05, 4.69) is 6.58 Å². The van der Waals surface area contributed by atoms with Gasteiger partial charge in [-0.05, 0) is 23.6 Å². The molecule has 1 rings (SSSR count). The van der Waals surface area contributed by atoms with Gasteiger partial charge in [0.2, 0.25) is 5.91 Å². The molecule has 0 spiro atoms. The van der Waals surface area contributed by atoms with Crippen molar-refractivity contribution in [2.45, 2.75) is 13.3 Å². The molecule has 0 saturated carbocycles. The summed E-state index contributed by atoms with van der Waals surface area (Å²) in [6.07, 6.45) is 0.571. The normalized spacial score (nSPS) is 9.81. The number of rotatable bonds is 4. The standard InChI is InChI=1S/C12H13NO3/c1-3-8-6-9(7(2)11(13)14)4-5-10(8)12(15)16/h4-6H,2-3H2,1H3,(H2,13,14)(H,15,16). The van der Waals surface area contributed by atoms with Crippen molar-refractivity contribution in [1.82, 2.24) is 0 Å². The van der Waals surface area contributed by atoms with E-state index in [9.17, 15) is 9.59 Å². The second-order valence-electron chi connectivity index (χ2n) is 3.37. The van der Waals surface area contributed by atoms with E-state index in [-0.39, 0.29) is 11.1 Å². The van der Waals surface area contributed by atoms with Crippen LogP contribution in [0.1, 0.15) is 28.4 Å². The minimum absolute atomic E-state index is 0.187. The molecule has 0 atom stereocenters. The molecule has 0 radical (unpaired) electrons. The predicted molar refractivity (Wildman–Crippen MR) is 61.0 cm³/mol. The van der Waals surface area contributed by atoms with Gasteiger partial charge in [0.1, 0.15) is 0 Å². The summed E-state index contributed by atoms with van der Waals surface area (Å²) in [5, 5.41) is 8.92. The van der Waals surface area contributed by atoms with Crippen molar-refractivity contribution in [3.63, 3.8) is 0 Å². The topological polar surface area (TPSA) is 80.4 Å². The summed E-state index contributed by atoms with van der Waals surface area (Å²) in [6, 6.07) is 4.64. The first-order chi connectivity index (χ1) is 7.47. The fourth-order valence-electron chi connectivity index (χ4n) is 1.42. The van der Waals surface area contributed by atoms with Crippen molar-refractivity contribution < 1.29 is 14.7 Å². The van der Waals surface area contributed by atoms with Crippen LogP contribution in [0.3, 0.4) is 0 Å². The summed E-state index contributed by atoms with van der Waals surface area (Å²) >= 11 is 0. The third-order valence-corrected chi connectivity index (χ3v) is 2.36. The maximum absolute atomic E-state index is 10.9. The molecule has 4 heteroatoms. The van der Waals surface area contributed by atoms with Gasteiger partial charge in [-0.25, -0.2) is 4.79 Å². The average molecular weight is 219 g/mol. The number of aryl methyl sites for hydroxylation is 1. The molecule has 16 heavy (non-hydrogen) atoms. The van der Waals surface area contributed by atoms with E-state index in [1.165, 1.54) is 12.1 Å². The Morgan fingerprint density at radius 1 is 1.44 bits per heavy atom. The Bertz CT molecular complexity index is 463. The van der Waals surface area contributed by atoms with Crippen LogP contribution in [0.4, 0.5) is 0 Å². The molecule has 1 amide bonds. The molecule has 0 aliphatic heterocycles. The fraction of sp³-hybridized carbons (Fsp3) is 0.167. The maximum atomic E-state index is 10.9. The molecule has 4 nitrogen and oxygen atoms in total. The number of nitrogens with two attached hydrogens (primary N) is 1. The van der Waals surface area contributed by atoms with Crippen LogP contribution in [0.25, 0.3) is 5.57 Å². The van der Waals surface area contributed by atoms with Crippen LogP contribution in [0.15, 0.2) is 24.8 Å². The first-order valence-electron chi connectivity index (χ1n) is 4.82. The smallest absolute Gasteiger partial charge is 0.335 e. The van der Waals surface area contributed by atoms with Crippen LogP contribution in [0.5, 0.6) is 0 Å². The first-order valence-corrected chi connectivity index (χ1v) is 4.82. The highest BCUT2D eigenvalue weighted by atomic mass is 16.4. The molecule has 3 N–H and O–H groups in total. The number of carboxylic acids is 1. The quantitative estimate of drug-likeness (QED) is 0.752. The second-order valence-corrected chi connectivity index (χ2v) is 3.37.